The highest BCUT2D eigenvalue weighted by Gasteiger charge is 2.21. The summed E-state index contributed by atoms with van der Waals surface area (Å²) in [5.74, 6) is 0.166. The van der Waals surface area contributed by atoms with Gasteiger partial charge in [-0.2, -0.15) is 0 Å². The normalized spacial score (nSPS) is 13.4. The molecule has 0 bridgehead atoms. The maximum absolute atomic E-state index is 12.9. The first-order chi connectivity index (χ1) is 16.3. The van der Waals surface area contributed by atoms with Gasteiger partial charge in [0.1, 0.15) is 5.75 Å². The van der Waals surface area contributed by atoms with Crippen molar-refractivity contribution in [3.8, 4) is 5.75 Å². The molecule has 3 aromatic carbocycles. The number of methoxy groups -OCH3 is 1. The van der Waals surface area contributed by atoms with Crippen LogP contribution in [0.1, 0.15) is 15.9 Å². The second kappa shape index (κ2) is 9.44. The summed E-state index contributed by atoms with van der Waals surface area (Å²) in [7, 11) is -2.39. The van der Waals surface area contributed by atoms with Crippen molar-refractivity contribution in [1.82, 2.24) is 5.32 Å². The Bertz CT molecular complexity index is 1320. The fourth-order valence-corrected chi connectivity index (χ4v) is 4.61. The molecule has 1 saturated heterocycles. The van der Waals surface area contributed by atoms with E-state index in [0.29, 0.717) is 35.8 Å². The third kappa shape index (κ3) is 4.96. The molecule has 1 aliphatic heterocycles. The Morgan fingerprint density at radius 1 is 1.00 bits per heavy atom. The van der Waals surface area contributed by atoms with E-state index in [9.17, 15) is 18.0 Å². The number of sulfonamides is 1. The Balaban J connectivity index is 1.50. The molecule has 9 nitrogen and oxygen atoms in total. The zero-order valence-electron chi connectivity index (χ0n) is 18.7. The van der Waals surface area contributed by atoms with Crippen molar-refractivity contribution in [2.45, 2.75) is 11.8 Å². The number of carbonyl (C=O) groups excluding carboxylic acids is 2. The first kappa shape index (κ1) is 23.1. The van der Waals surface area contributed by atoms with E-state index in [4.69, 9.17) is 4.74 Å². The Hall–Kier alpha value is -4.05. The van der Waals surface area contributed by atoms with Gasteiger partial charge in [-0.25, -0.2) is 13.2 Å². The van der Waals surface area contributed by atoms with Gasteiger partial charge in [0.2, 0.25) is 0 Å². The van der Waals surface area contributed by atoms with Crippen molar-refractivity contribution in [2.75, 3.05) is 35.1 Å². The minimum absolute atomic E-state index is 0.0329. The lowest BCUT2D eigenvalue weighted by molar-refractivity contribution is 0.102. The number of aryl methyl sites for hydroxylation is 1. The molecule has 1 fully saturated rings. The van der Waals surface area contributed by atoms with Gasteiger partial charge in [-0.05, 0) is 73.2 Å². The van der Waals surface area contributed by atoms with Crippen molar-refractivity contribution >= 4 is 39.0 Å². The molecule has 1 aliphatic rings. The van der Waals surface area contributed by atoms with Gasteiger partial charge in [0.05, 0.1) is 12.0 Å². The lowest BCUT2D eigenvalue weighted by atomic mass is 10.1. The molecule has 0 aromatic heterocycles. The van der Waals surface area contributed by atoms with Crippen LogP contribution in [0.2, 0.25) is 0 Å². The number of nitrogens with zero attached hydrogens (tertiary/aromatic N) is 1. The van der Waals surface area contributed by atoms with E-state index in [1.54, 1.807) is 66.4 Å². The smallest absolute Gasteiger partial charge is 0.321 e. The predicted octanol–water partition coefficient (Wildman–Crippen LogP) is 3.59. The maximum atomic E-state index is 12.9. The summed E-state index contributed by atoms with van der Waals surface area (Å²) in [6.45, 7) is 2.90. The molecule has 3 N–H and O–H groups in total. The molecular weight excluding hydrogens is 456 g/mol. The molecule has 3 amide bonds. The van der Waals surface area contributed by atoms with E-state index < -0.39 is 15.9 Å². The highest BCUT2D eigenvalue weighted by molar-refractivity contribution is 7.92. The van der Waals surface area contributed by atoms with Crippen LogP contribution in [0.15, 0.2) is 71.6 Å². The molecule has 3 aromatic rings. The van der Waals surface area contributed by atoms with Gasteiger partial charge in [0.15, 0.2) is 0 Å². The zero-order chi connectivity index (χ0) is 24.3. The third-order valence-corrected chi connectivity index (χ3v) is 6.78. The topological polar surface area (TPSA) is 117 Å². The number of ether oxygens (including phenoxy) is 1. The highest BCUT2D eigenvalue weighted by atomic mass is 32.2. The van der Waals surface area contributed by atoms with Crippen LogP contribution in [0.5, 0.6) is 5.75 Å². The van der Waals surface area contributed by atoms with Crippen LogP contribution >= 0.6 is 0 Å². The summed E-state index contributed by atoms with van der Waals surface area (Å²) in [4.78, 5) is 26.3. The Morgan fingerprint density at radius 3 is 2.29 bits per heavy atom. The average molecular weight is 481 g/mol. The van der Waals surface area contributed by atoms with Crippen molar-refractivity contribution in [1.29, 1.82) is 0 Å². The predicted molar refractivity (Wildman–Crippen MR) is 130 cm³/mol. The molecule has 34 heavy (non-hydrogen) atoms. The van der Waals surface area contributed by atoms with Crippen LogP contribution in [0.4, 0.5) is 21.9 Å². The molecule has 0 unspecified atom stereocenters. The number of carbonyl (C=O) groups is 2. The second-order valence-electron chi connectivity index (χ2n) is 7.70. The standard InChI is InChI=1S/C24H24N4O5S/c1-16-3-12-21(34(31,32)27-18-6-10-20(33-2)11-7-18)15-22(16)23(29)26-17-4-8-19(9-5-17)28-14-13-25-24(28)30/h3-12,15,27H,13-14H2,1-2H3,(H,25,30)(H,26,29). The summed E-state index contributed by atoms with van der Waals surface area (Å²) >= 11 is 0. The van der Waals surface area contributed by atoms with Crippen molar-refractivity contribution in [3.05, 3.63) is 77.9 Å². The van der Waals surface area contributed by atoms with Crippen molar-refractivity contribution < 1.29 is 22.7 Å². The molecular formula is C24H24N4O5S. The largest absolute Gasteiger partial charge is 0.497 e. The third-order valence-electron chi connectivity index (χ3n) is 5.40. The lowest BCUT2D eigenvalue weighted by Gasteiger charge is -2.15. The van der Waals surface area contributed by atoms with Crippen LogP contribution in [0, 0.1) is 6.92 Å². The SMILES string of the molecule is COc1ccc(NS(=O)(=O)c2ccc(C)c(C(=O)Nc3ccc(N4CCNC4=O)cc3)c2)cc1. The van der Waals surface area contributed by atoms with Crippen LogP contribution in [-0.4, -0.2) is 40.6 Å². The minimum Gasteiger partial charge on any atom is -0.497 e. The van der Waals surface area contributed by atoms with E-state index in [1.807, 2.05) is 0 Å². The summed E-state index contributed by atoms with van der Waals surface area (Å²) in [5, 5.41) is 5.52. The number of hydrogen-bond acceptors (Lipinski definition) is 5. The first-order valence-corrected chi connectivity index (χ1v) is 12.0. The van der Waals surface area contributed by atoms with E-state index in [1.165, 1.54) is 19.2 Å². The maximum Gasteiger partial charge on any atom is 0.321 e. The Labute approximate surface area is 197 Å². The fraction of sp³-hybridized carbons (Fsp3) is 0.167. The number of amides is 3. The molecule has 0 aliphatic carbocycles. The van der Waals surface area contributed by atoms with Gasteiger partial charge in [0.25, 0.3) is 15.9 Å². The van der Waals surface area contributed by atoms with Crippen LogP contribution in [0.3, 0.4) is 0 Å². The van der Waals surface area contributed by atoms with Crippen molar-refractivity contribution in [3.63, 3.8) is 0 Å². The average Bonchev–Trinajstić information content (AvgIpc) is 3.25. The van der Waals surface area contributed by atoms with Gasteiger partial charge in [0, 0.05) is 35.7 Å². The molecule has 4 rings (SSSR count). The van der Waals surface area contributed by atoms with Crippen LogP contribution in [-0.2, 0) is 10.0 Å². The van der Waals surface area contributed by atoms with Gasteiger partial charge < -0.3 is 15.4 Å². The molecule has 0 radical (unpaired) electrons. The number of anilines is 3. The van der Waals surface area contributed by atoms with Crippen LogP contribution < -0.4 is 25.0 Å². The fourth-order valence-electron chi connectivity index (χ4n) is 3.53. The Kier molecular flexibility index (Phi) is 6.42. The molecule has 0 saturated carbocycles. The number of nitrogens with one attached hydrogen (secondary N) is 3. The monoisotopic (exact) mass is 480 g/mol. The molecule has 176 valence electrons. The second-order valence-corrected chi connectivity index (χ2v) is 9.38. The molecule has 0 spiro atoms. The van der Waals surface area contributed by atoms with E-state index in [2.05, 4.69) is 15.4 Å². The Morgan fingerprint density at radius 2 is 1.68 bits per heavy atom. The number of hydrogen-bond donors (Lipinski definition) is 3. The molecule has 10 heteroatoms. The van der Waals surface area contributed by atoms with Crippen LogP contribution in [0.25, 0.3) is 0 Å². The summed E-state index contributed by atoms with van der Waals surface area (Å²) in [6.07, 6.45) is 0. The van der Waals surface area contributed by atoms with E-state index >= 15 is 0 Å². The quantitative estimate of drug-likeness (QED) is 0.478. The highest BCUT2D eigenvalue weighted by Crippen LogP contribution is 2.23. The lowest BCUT2D eigenvalue weighted by Crippen LogP contribution is -2.27. The zero-order valence-corrected chi connectivity index (χ0v) is 19.5. The summed E-state index contributed by atoms with van der Waals surface area (Å²) < 4.78 is 33.3. The summed E-state index contributed by atoms with van der Waals surface area (Å²) in [5.41, 5.74) is 2.49. The molecule has 1 heterocycles. The van der Waals surface area contributed by atoms with Gasteiger partial charge in [-0.3, -0.25) is 14.4 Å². The van der Waals surface area contributed by atoms with E-state index in [0.717, 1.165) is 5.69 Å². The number of benzene rings is 3. The minimum atomic E-state index is -3.91. The summed E-state index contributed by atoms with van der Waals surface area (Å²) in [6, 6.07) is 17.6. The van der Waals surface area contributed by atoms with Crippen molar-refractivity contribution in [2.24, 2.45) is 0 Å². The first-order valence-electron chi connectivity index (χ1n) is 10.5. The molecule has 0 atom stereocenters. The van der Waals surface area contributed by atoms with Gasteiger partial charge >= 0.3 is 6.03 Å². The van der Waals surface area contributed by atoms with Gasteiger partial charge in [-0.15, -0.1) is 0 Å². The van der Waals surface area contributed by atoms with E-state index in [-0.39, 0.29) is 16.5 Å². The number of rotatable bonds is 7. The number of urea groups is 1. The van der Waals surface area contributed by atoms with Gasteiger partial charge in [-0.1, -0.05) is 6.07 Å².